The monoisotopic (exact) mass is 306 g/mol. The van der Waals surface area contributed by atoms with Crippen molar-refractivity contribution in [1.29, 1.82) is 0 Å². The summed E-state index contributed by atoms with van der Waals surface area (Å²) in [4.78, 5) is 12.2. The average molecular weight is 307 g/mol. The fourth-order valence-electron chi connectivity index (χ4n) is 1.80. The second-order valence-electron chi connectivity index (χ2n) is 4.26. The van der Waals surface area contributed by atoms with Gasteiger partial charge in [0.25, 0.3) is 5.91 Å². The summed E-state index contributed by atoms with van der Waals surface area (Å²) in [7, 11) is 1.69. The number of rotatable bonds is 2. The van der Waals surface area contributed by atoms with Crippen LogP contribution in [0.15, 0.2) is 30.5 Å². The zero-order valence-electron chi connectivity index (χ0n) is 11.2. The maximum Gasteiger partial charge on any atom is 0.272 e. The van der Waals surface area contributed by atoms with Crippen LogP contribution in [0.4, 0.5) is 10.1 Å². The highest BCUT2D eigenvalue weighted by atomic mass is 35.5. The van der Waals surface area contributed by atoms with Crippen molar-refractivity contribution >= 4 is 23.2 Å². The van der Waals surface area contributed by atoms with Crippen LogP contribution >= 0.6 is 11.6 Å². The molecule has 0 spiro atoms. The number of anilines is 1. The van der Waals surface area contributed by atoms with E-state index in [2.05, 4.69) is 17.2 Å². The zero-order valence-corrected chi connectivity index (χ0v) is 11.9. The van der Waals surface area contributed by atoms with Gasteiger partial charge in [0.2, 0.25) is 0 Å². The molecule has 1 aromatic carbocycles. The van der Waals surface area contributed by atoms with Gasteiger partial charge in [-0.3, -0.25) is 4.79 Å². The molecule has 1 aromatic heterocycles. The number of carbonyl (C=O) groups is 1. The zero-order chi connectivity index (χ0) is 15.4. The molecule has 0 aliphatic heterocycles. The molecule has 0 atom stereocenters. The third-order valence-electron chi connectivity index (χ3n) is 2.74. The van der Waals surface area contributed by atoms with E-state index >= 15 is 0 Å². The molecule has 0 unspecified atom stereocenters. The van der Waals surface area contributed by atoms with Gasteiger partial charge in [-0.2, -0.15) is 0 Å². The number of aliphatic hydroxyl groups is 1. The number of carbonyl (C=O) groups excluding carboxylic acids is 1. The van der Waals surface area contributed by atoms with Crippen molar-refractivity contribution in [3.05, 3.63) is 52.6 Å². The molecule has 0 bridgehead atoms. The first kappa shape index (κ1) is 15.1. The minimum absolute atomic E-state index is 0.290. The quantitative estimate of drug-likeness (QED) is 0.837. The highest BCUT2D eigenvalue weighted by Crippen LogP contribution is 2.19. The van der Waals surface area contributed by atoms with E-state index in [4.69, 9.17) is 16.7 Å². The van der Waals surface area contributed by atoms with Gasteiger partial charge in [-0.25, -0.2) is 4.39 Å². The molecule has 6 heteroatoms. The molecule has 21 heavy (non-hydrogen) atoms. The van der Waals surface area contributed by atoms with Crippen molar-refractivity contribution in [2.45, 2.75) is 0 Å². The van der Waals surface area contributed by atoms with Crippen molar-refractivity contribution in [2.75, 3.05) is 11.9 Å². The molecule has 0 saturated carbocycles. The number of nitrogens with zero attached hydrogens (tertiary/aromatic N) is 1. The van der Waals surface area contributed by atoms with E-state index < -0.39 is 5.82 Å². The van der Waals surface area contributed by atoms with Crippen LogP contribution in [-0.2, 0) is 7.05 Å². The van der Waals surface area contributed by atoms with Gasteiger partial charge in [0, 0.05) is 13.2 Å². The topological polar surface area (TPSA) is 54.3 Å². The molecule has 0 saturated heterocycles. The number of amides is 1. The fraction of sp³-hybridized carbons (Fsp3) is 0.133. The molecule has 0 radical (unpaired) electrons. The lowest BCUT2D eigenvalue weighted by atomic mass is 10.1. The fourth-order valence-corrected chi connectivity index (χ4v) is 2.05. The molecule has 0 fully saturated rings. The lowest BCUT2D eigenvalue weighted by Gasteiger charge is -2.08. The van der Waals surface area contributed by atoms with Gasteiger partial charge in [0.05, 0.1) is 16.3 Å². The molecule has 0 aliphatic rings. The summed E-state index contributed by atoms with van der Waals surface area (Å²) in [5.41, 5.74) is 1.02. The highest BCUT2D eigenvalue weighted by Gasteiger charge is 2.13. The maximum atomic E-state index is 13.2. The first-order valence-corrected chi connectivity index (χ1v) is 6.41. The predicted molar refractivity (Wildman–Crippen MR) is 78.7 cm³/mol. The molecule has 4 nitrogen and oxygen atoms in total. The van der Waals surface area contributed by atoms with Crippen LogP contribution in [0.1, 0.15) is 16.1 Å². The molecule has 1 amide bonds. The summed E-state index contributed by atoms with van der Waals surface area (Å²) in [6.07, 6.45) is 1.60. The van der Waals surface area contributed by atoms with E-state index in [0.717, 1.165) is 0 Å². The largest absolute Gasteiger partial charge is 0.384 e. The molecular formula is C15H12ClFN2O2. The molecule has 0 aliphatic carbocycles. The summed E-state index contributed by atoms with van der Waals surface area (Å²) in [6.45, 7) is -0.350. The van der Waals surface area contributed by atoms with E-state index in [-0.39, 0.29) is 18.1 Å². The number of benzene rings is 1. The Labute approximate surface area is 126 Å². The highest BCUT2D eigenvalue weighted by molar-refractivity contribution is 6.31. The standard InChI is InChI=1S/C15H12ClFN2O2/c1-19-9-11(16)8-14(19)15(21)18-13-5-4-12(17)7-10(13)3-2-6-20/h4-5,7-9,20H,6H2,1H3,(H,18,21). The van der Waals surface area contributed by atoms with Crippen molar-refractivity contribution < 1.29 is 14.3 Å². The van der Waals surface area contributed by atoms with E-state index in [0.29, 0.717) is 16.4 Å². The molecule has 2 N–H and O–H groups in total. The van der Waals surface area contributed by atoms with Crippen molar-refractivity contribution in [3.8, 4) is 11.8 Å². The number of hydrogen-bond donors (Lipinski definition) is 2. The first-order valence-electron chi connectivity index (χ1n) is 6.03. The summed E-state index contributed by atoms with van der Waals surface area (Å²) in [5.74, 6) is 4.15. The van der Waals surface area contributed by atoms with Crippen molar-refractivity contribution in [1.82, 2.24) is 4.57 Å². The van der Waals surface area contributed by atoms with Crippen LogP contribution in [0.2, 0.25) is 5.02 Å². The Bertz CT molecular complexity index is 744. The number of hydrogen-bond acceptors (Lipinski definition) is 2. The third-order valence-corrected chi connectivity index (χ3v) is 2.94. The van der Waals surface area contributed by atoms with Gasteiger partial charge in [0.1, 0.15) is 18.1 Å². The summed E-state index contributed by atoms with van der Waals surface area (Å²) >= 11 is 5.83. The maximum absolute atomic E-state index is 13.2. The smallest absolute Gasteiger partial charge is 0.272 e. The summed E-state index contributed by atoms with van der Waals surface area (Å²) in [6, 6.07) is 5.35. The Hall–Kier alpha value is -2.29. The van der Waals surface area contributed by atoms with Gasteiger partial charge < -0.3 is 15.0 Å². The number of halogens is 2. The molecular weight excluding hydrogens is 295 g/mol. The van der Waals surface area contributed by atoms with Gasteiger partial charge in [0.15, 0.2) is 0 Å². The van der Waals surface area contributed by atoms with E-state index in [1.54, 1.807) is 17.8 Å². The normalized spacial score (nSPS) is 9.90. The molecule has 2 aromatic rings. The minimum Gasteiger partial charge on any atom is -0.384 e. The van der Waals surface area contributed by atoms with Gasteiger partial charge >= 0.3 is 0 Å². The Kier molecular flexibility index (Phi) is 4.63. The molecule has 1 heterocycles. The average Bonchev–Trinajstić information content (AvgIpc) is 2.78. The number of nitrogens with one attached hydrogen (secondary N) is 1. The Morgan fingerprint density at radius 1 is 1.48 bits per heavy atom. The SMILES string of the molecule is Cn1cc(Cl)cc1C(=O)Nc1ccc(F)cc1C#CCO. The lowest BCUT2D eigenvalue weighted by Crippen LogP contribution is -2.16. The molecule has 2 rings (SSSR count). The number of aryl methyl sites for hydroxylation is 1. The van der Waals surface area contributed by atoms with Crippen LogP contribution in [0.3, 0.4) is 0 Å². The predicted octanol–water partition coefficient (Wildman–Crippen LogP) is 2.41. The van der Waals surface area contributed by atoms with Gasteiger partial charge in [-0.15, -0.1) is 0 Å². The Morgan fingerprint density at radius 2 is 2.24 bits per heavy atom. The number of aliphatic hydroxyl groups excluding tert-OH is 1. The van der Waals surface area contributed by atoms with Crippen LogP contribution in [0, 0.1) is 17.7 Å². The summed E-state index contributed by atoms with van der Waals surface area (Å²) in [5, 5.41) is 11.8. The van der Waals surface area contributed by atoms with Crippen molar-refractivity contribution in [3.63, 3.8) is 0 Å². The second kappa shape index (κ2) is 6.44. The number of aromatic nitrogens is 1. The Balaban J connectivity index is 2.31. The van der Waals surface area contributed by atoms with Gasteiger partial charge in [-0.05, 0) is 24.3 Å². The van der Waals surface area contributed by atoms with E-state index in [1.807, 2.05) is 0 Å². The van der Waals surface area contributed by atoms with Gasteiger partial charge in [-0.1, -0.05) is 23.4 Å². The van der Waals surface area contributed by atoms with E-state index in [1.165, 1.54) is 24.3 Å². The van der Waals surface area contributed by atoms with Crippen LogP contribution in [0.25, 0.3) is 0 Å². The summed E-state index contributed by atoms with van der Waals surface area (Å²) < 4.78 is 14.8. The van der Waals surface area contributed by atoms with Crippen LogP contribution in [-0.4, -0.2) is 22.2 Å². The first-order chi connectivity index (χ1) is 10.0. The van der Waals surface area contributed by atoms with E-state index in [9.17, 15) is 9.18 Å². The van der Waals surface area contributed by atoms with Crippen molar-refractivity contribution in [2.24, 2.45) is 7.05 Å². The van der Waals surface area contributed by atoms with Crippen LogP contribution in [0.5, 0.6) is 0 Å². The van der Waals surface area contributed by atoms with Crippen LogP contribution < -0.4 is 5.32 Å². The third kappa shape index (κ3) is 3.63. The lowest BCUT2D eigenvalue weighted by molar-refractivity contribution is 0.101. The minimum atomic E-state index is -0.475. The second-order valence-corrected chi connectivity index (χ2v) is 4.69. The molecule has 108 valence electrons. The Morgan fingerprint density at radius 3 is 2.86 bits per heavy atom.